The van der Waals surface area contributed by atoms with Crippen molar-refractivity contribution in [3.05, 3.63) is 59.9 Å². The van der Waals surface area contributed by atoms with E-state index in [-0.39, 0.29) is 23.8 Å². The van der Waals surface area contributed by atoms with E-state index in [1.165, 1.54) is 0 Å². The molecule has 3 N–H and O–H groups in total. The van der Waals surface area contributed by atoms with E-state index in [0.717, 1.165) is 54.9 Å². The molecule has 0 spiro atoms. The van der Waals surface area contributed by atoms with Gasteiger partial charge in [-0.1, -0.05) is 13.0 Å². The molecular formula is C32H34N8O3. The third-order valence-electron chi connectivity index (χ3n) is 8.69. The van der Waals surface area contributed by atoms with Gasteiger partial charge in [0.2, 0.25) is 5.91 Å². The summed E-state index contributed by atoms with van der Waals surface area (Å²) in [6.07, 6.45) is 7.06. The van der Waals surface area contributed by atoms with Crippen LogP contribution in [0.1, 0.15) is 80.5 Å². The first kappa shape index (κ1) is 27.1. The Hall–Kier alpha value is -4.72. The minimum absolute atomic E-state index is 0.0125. The maximum Gasteiger partial charge on any atom is 0.270 e. The summed E-state index contributed by atoms with van der Waals surface area (Å²) in [5, 5.41) is 23.3. The Morgan fingerprint density at radius 2 is 1.93 bits per heavy atom. The van der Waals surface area contributed by atoms with Crippen molar-refractivity contribution in [3.8, 4) is 17.2 Å². The quantitative estimate of drug-likeness (QED) is 0.237. The lowest BCUT2D eigenvalue weighted by Crippen LogP contribution is -2.51. The van der Waals surface area contributed by atoms with E-state index in [1.807, 2.05) is 48.0 Å². The number of hydrogen-bond donors (Lipinski definition) is 3. The van der Waals surface area contributed by atoms with Crippen LogP contribution in [-0.2, 0) is 16.6 Å². The highest BCUT2D eigenvalue weighted by Gasteiger charge is 2.46. The molecule has 0 aliphatic heterocycles. The van der Waals surface area contributed by atoms with E-state index in [4.69, 9.17) is 9.52 Å². The predicted molar refractivity (Wildman–Crippen MR) is 159 cm³/mol. The average molecular weight is 579 g/mol. The fourth-order valence-electron chi connectivity index (χ4n) is 5.32. The van der Waals surface area contributed by atoms with Crippen molar-refractivity contribution >= 4 is 28.7 Å². The maximum absolute atomic E-state index is 13.7. The molecule has 3 saturated carbocycles. The molecule has 1 unspecified atom stereocenters. The number of pyridine rings is 1. The zero-order valence-corrected chi connectivity index (χ0v) is 24.3. The van der Waals surface area contributed by atoms with Crippen LogP contribution in [0.2, 0.25) is 0 Å². The van der Waals surface area contributed by atoms with Crippen LogP contribution in [0.3, 0.4) is 0 Å². The number of carbonyl (C=O) groups is 2. The fraction of sp³-hybridized carbons (Fsp3) is 0.438. The standard InChI is InChI=1S/C32H34N8O3/c1-3-34-27-9-5-20(17-35-27)19-4-8-22-25(14-19)43-28(36-22)15-23(29(41)38-32(18-33)12-13-32)37-30(42)24-16-26(31(2)10-11-31)39-40(24)21-6-7-21/h4-5,8-9,14,16-17,21,23H,3,6-7,10-13,15H2,1-2H3,(H,34,35)(H,37,42)(H,38,41). The first-order valence-corrected chi connectivity index (χ1v) is 15.0. The zero-order valence-electron chi connectivity index (χ0n) is 24.3. The second-order valence-corrected chi connectivity index (χ2v) is 12.3. The van der Waals surface area contributed by atoms with Gasteiger partial charge in [0.15, 0.2) is 11.5 Å². The van der Waals surface area contributed by atoms with E-state index in [9.17, 15) is 14.9 Å². The molecule has 1 aromatic carbocycles. The minimum atomic E-state index is -0.990. The number of anilines is 1. The Labute approximate surface area is 249 Å². The van der Waals surface area contributed by atoms with E-state index in [1.54, 1.807) is 6.20 Å². The number of nitriles is 1. The summed E-state index contributed by atoms with van der Waals surface area (Å²) in [6, 6.07) is 12.9. The number of nitrogens with one attached hydrogen (secondary N) is 3. The molecule has 3 heterocycles. The molecule has 1 atom stereocenters. The van der Waals surface area contributed by atoms with E-state index < -0.39 is 17.5 Å². The van der Waals surface area contributed by atoms with E-state index in [0.29, 0.717) is 35.5 Å². The minimum Gasteiger partial charge on any atom is -0.441 e. The van der Waals surface area contributed by atoms with E-state index >= 15 is 0 Å². The van der Waals surface area contributed by atoms with Crippen LogP contribution in [0.5, 0.6) is 0 Å². The highest BCUT2D eigenvalue weighted by molar-refractivity contribution is 5.97. The SMILES string of the molecule is CCNc1ccc(-c2ccc3nc(CC(NC(=O)c4cc(C5(C)CC5)nn4C4CC4)C(=O)NC4(C#N)CC4)oc3c2)cn1. The molecule has 220 valence electrons. The summed E-state index contributed by atoms with van der Waals surface area (Å²) >= 11 is 0. The van der Waals surface area contributed by atoms with Crippen molar-refractivity contribution < 1.29 is 14.0 Å². The monoisotopic (exact) mass is 578 g/mol. The van der Waals surface area contributed by atoms with Gasteiger partial charge in [-0.2, -0.15) is 10.4 Å². The van der Waals surface area contributed by atoms with Gasteiger partial charge in [-0.3, -0.25) is 14.3 Å². The Balaban J connectivity index is 1.14. The number of fused-ring (bicyclic) bond motifs is 1. The number of aromatic nitrogens is 4. The molecule has 43 heavy (non-hydrogen) atoms. The Bertz CT molecular complexity index is 1750. The first-order chi connectivity index (χ1) is 20.8. The summed E-state index contributed by atoms with van der Waals surface area (Å²) < 4.78 is 7.92. The van der Waals surface area contributed by atoms with Crippen molar-refractivity contribution in [2.45, 2.75) is 81.8 Å². The maximum atomic E-state index is 13.7. The lowest BCUT2D eigenvalue weighted by Gasteiger charge is -2.19. The summed E-state index contributed by atoms with van der Waals surface area (Å²) in [7, 11) is 0. The van der Waals surface area contributed by atoms with Crippen molar-refractivity contribution in [1.29, 1.82) is 5.26 Å². The number of nitrogens with zero attached hydrogens (tertiary/aromatic N) is 5. The largest absolute Gasteiger partial charge is 0.441 e. The molecule has 3 aliphatic rings. The number of oxazole rings is 1. The average Bonchev–Trinajstić information content (AvgIpc) is 3.97. The number of carbonyl (C=O) groups excluding carboxylic acids is 2. The Morgan fingerprint density at radius 3 is 2.58 bits per heavy atom. The third kappa shape index (κ3) is 5.45. The number of rotatable bonds is 11. The van der Waals surface area contributed by atoms with Gasteiger partial charge in [0.1, 0.15) is 28.6 Å². The highest BCUT2D eigenvalue weighted by atomic mass is 16.3. The van der Waals surface area contributed by atoms with Gasteiger partial charge in [0.25, 0.3) is 5.91 Å². The van der Waals surface area contributed by atoms with Crippen molar-refractivity contribution in [3.63, 3.8) is 0 Å². The molecule has 3 aromatic heterocycles. The van der Waals surface area contributed by atoms with Gasteiger partial charge in [0, 0.05) is 23.7 Å². The van der Waals surface area contributed by atoms with Gasteiger partial charge in [-0.05, 0) is 81.3 Å². The third-order valence-corrected chi connectivity index (χ3v) is 8.69. The van der Waals surface area contributed by atoms with Gasteiger partial charge in [0.05, 0.1) is 24.2 Å². The number of benzene rings is 1. The number of amides is 2. The molecule has 4 aromatic rings. The molecule has 11 nitrogen and oxygen atoms in total. The lowest BCUT2D eigenvalue weighted by molar-refractivity contribution is -0.123. The van der Waals surface area contributed by atoms with Crippen LogP contribution in [0.25, 0.3) is 22.2 Å². The highest BCUT2D eigenvalue weighted by Crippen LogP contribution is 2.48. The molecule has 0 radical (unpaired) electrons. The van der Waals surface area contributed by atoms with Crippen molar-refractivity contribution in [1.82, 2.24) is 30.4 Å². The molecule has 3 fully saturated rings. The van der Waals surface area contributed by atoms with Crippen LogP contribution >= 0.6 is 0 Å². The van der Waals surface area contributed by atoms with Crippen LogP contribution in [0, 0.1) is 11.3 Å². The molecule has 0 bridgehead atoms. The summed E-state index contributed by atoms with van der Waals surface area (Å²) in [4.78, 5) is 36.2. The molecular weight excluding hydrogens is 544 g/mol. The number of hydrogen-bond acceptors (Lipinski definition) is 8. The molecule has 3 aliphatic carbocycles. The summed E-state index contributed by atoms with van der Waals surface area (Å²) in [5.74, 6) is 0.317. The Kier molecular flexibility index (Phi) is 6.45. The zero-order chi connectivity index (χ0) is 29.8. The van der Waals surface area contributed by atoms with Gasteiger partial charge in [-0.15, -0.1) is 0 Å². The predicted octanol–water partition coefficient (Wildman–Crippen LogP) is 4.42. The van der Waals surface area contributed by atoms with Crippen molar-refractivity contribution in [2.75, 3.05) is 11.9 Å². The van der Waals surface area contributed by atoms with Crippen LogP contribution in [0.15, 0.2) is 47.0 Å². The topological polar surface area (TPSA) is 151 Å². The first-order valence-electron chi connectivity index (χ1n) is 15.0. The summed E-state index contributed by atoms with van der Waals surface area (Å²) in [5.41, 5.74) is 3.59. The van der Waals surface area contributed by atoms with Gasteiger partial charge in [-0.25, -0.2) is 9.97 Å². The normalized spacial score (nSPS) is 18.4. The van der Waals surface area contributed by atoms with Crippen LogP contribution < -0.4 is 16.0 Å². The smallest absolute Gasteiger partial charge is 0.270 e. The molecule has 0 saturated heterocycles. The lowest BCUT2D eigenvalue weighted by atomic mass is 10.1. The van der Waals surface area contributed by atoms with E-state index in [2.05, 4.69) is 38.9 Å². The van der Waals surface area contributed by atoms with Gasteiger partial charge < -0.3 is 20.4 Å². The second-order valence-electron chi connectivity index (χ2n) is 12.3. The Morgan fingerprint density at radius 1 is 1.14 bits per heavy atom. The molecule has 7 rings (SSSR count). The fourth-order valence-corrected chi connectivity index (χ4v) is 5.32. The second kappa shape index (κ2) is 10.2. The molecule has 2 amide bonds. The van der Waals surface area contributed by atoms with Crippen LogP contribution in [-0.4, -0.2) is 49.7 Å². The van der Waals surface area contributed by atoms with Crippen LogP contribution in [0.4, 0.5) is 5.82 Å². The van der Waals surface area contributed by atoms with Gasteiger partial charge >= 0.3 is 0 Å². The molecule has 11 heteroatoms. The summed E-state index contributed by atoms with van der Waals surface area (Å²) in [6.45, 7) is 4.97. The van der Waals surface area contributed by atoms with Crippen molar-refractivity contribution in [2.24, 2.45) is 0 Å².